The fourth-order valence-corrected chi connectivity index (χ4v) is 10.9. The summed E-state index contributed by atoms with van der Waals surface area (Å²) in [5.74, 6) is -3.01. The third kappa shape index (κ3) is 12.1. The molecule has 3 aromatic heterocycles. The molecule has 0 unspecified atom stereocenters. The molecule has 0 bridgehead atoms. The first-order chi connectivity index (χ1) is 44.2. The summed E-state index contributed by atoms with van der Waals surface area (Å²) in [7, 11) is -3.66. The predicted molar refractivity (Wildman–Crippen MR) is 344 cm³/mol. The van der Waals surface area contributed by atoms with Crippen LogP contribution in [0, 0.1) is 0 Å². The van der Waals surface area contributed by atoms with Crippen molar-refractivity contribution in [1.82, 2.24) is 44.9 Å². The molecule has 4 N–H and O–H groups in total. The van der Waals surface area contributed by atoms with E-state index in [2.05, 4.69) is 15.0 Å². The van der Waals surface area contributed by atoms with Crippen molar-refractivity contribution < 1.29 is 37.7 Å². The van der Waals surface area contributed by atoms with Crippen molar-refractivity contribution in [3.63, 3.8) is 0 Å². The molecule has 13 aromatic rings. The average molecular weight is 1220 g/mol. The molecular formula is C71H46B2ClF4N9O4. The number of hydrogen-bond donors (Lipinski definition) is 4. The van der Waals surface area contributed by atoms with Gasteiger partial charge in [0.05, 0.1) is 0 Å². The minimum absolute atomic E-state index is 0.0244. The van der Waals surface area contributed by atoms with Gasteiger partial charge in [-0.2, -0.15) is 27.5 Å². The van der Waals surface area contributed by atoms with Crippen LogP contribution in [0.15, 0.2) is 255 Å². The van der Waals surface area contributed by atoms with Gasteiger partial charge in [0.2, 0.25) is 5.28 Å². The number of hydrogen-bond acceptors (Lipinski definition) is 13. The summed E-state index contributed by atoms with van der Waals surface area (Å²) in [5, 5.41) is 36.6. The third-order valence-corrected chi connectivity index (χ3v) is 15.4. The molecule has 0 saturated heterocycles. The fourth-order valence-electron chi connectivity index (χ4n) is 10.7. The molecule has 2 aliphatic carbocycles. The summed E-state index contributed by atoms with van der Waals surface area (Å²) in [6, 6.07) is 75.3. The second-order valence-corrected chi connectivity index (χ2v) is 21.4. The third-order valence-electron chi connectivity index (χ3n) is 15.2. The number of aromatic nitrogens is 9. The Labute approximate surface area is 524 Å². The van der Waals surface area contributed by atoms with Crippen molar-refractivity contribution in [2.75, 3.05) is 0 Å². The summed E-state index contributed by atoms with van der Waals surface area (Å²) in [6.07, 6.45) is 0. The van der Waals surface area contributed by atoms with Gasteiger partial charge in [0.25, 0.3) is 11.8 Å². The fraction of sp³-hybridized carbons (Fsp3) is 0.0282. The van der Waals surface area contributed by atoms with Crippen LogP contribution in [-0.4, -0.2) is 79.2 Å². The Morgan fingerprint density at radius 1 is 0.253 bits per heavy atom. The molecule has 20 heteroatoms. The van der Waals surface area contributed by atoms with Gasteiger partial charge in [0, 0.05) is 66.8 Å². The monoisotopic (exact) mass is 1220 g/mol. The van der Waals surface area contributed by atoms with Crippen LogP contribution in [0.25, 0.3) is 113 Å². The van der Waals surface area contributed by atoms with Gasteiger partial charge in [-0.05, 0) is 56.9 Å². The van der Waals surface area contributed by atoms with E-state index in [1.165, 1.54) is 36.4 Å². The summed E-state index contributed by atoms with van der Waals surface area (Å²) >= 11 is 5.99. The van der Waals surface area contributed by atoms with Crippen molar-refractivity contribution in [3.05, 3.63) is 282 Å². The highest BCUT2D eigenvalue weighted by Crippen LogP contribution is 2.53. The molecule has 2 aliphatic rings. The lowest BCUT2D eigenvalue weighted by Gasteiger charge is -2.14. The van der Waals surface area contributed by atoms with Gasteiger partial charge < -0.3 is 20.1 Å². The molecule has 0 aliphatic heterocycles. The van der Waals surface area contributed by atoms with Crippen molar-refractivity contribution in [3.8, 4) is 113 Å². The second-order valence-electron chi connectivity index (χ2n) is 21.1. The smallest absolute Gasteiger partial charge is 0.423 e. The Bertz CT molecular complexity index is 4400. The largest absolute Gasteiger partial charge is 0.488 e. The number of alkyl halides is 4. The molecular weight excluding hydrogens is 1180 g/mol. The highest BCUT2D eigenvalue weighted by Gasteiger charge is 2.46. The van der Waals surface area contributed by atoms with Crippen molar-refractivity contribution in [1.29, 1.82) is 0 Å². The Balaban J connectivity index is 0.000000154. The van der Waals surface area contributed by atoms with Gasteiger partial charge in [-0.1, -0.05) is 243 Å². The van der Waals surface area contributed by atoms with Crippen LogP contribution in [0.1, 0.15) is 22.3 Å². The van der Waals surface area contributed by atoms with Gasteiger partial charge in [0.1, 0.15) is 0 Å². The molecule has 10 aromatic carbocycles. The minimum atomic E-state index is -3.33. The number of halogens is 5. The zero-order valence-corrected chi connectivity index (χ0v) is 48.4. The lowest BCUT2D eigenvalue weighted by atomic mass is 9.78. The summed E-state index contributed by atoms with van der Waals surface area (Å²) < 4.78 is 62.2. The van der Waals surface area contributed by atoms with Gasteiger partial charge >= 0.3 is 14.2 Å². The molecule has 13 nitrogen and oxygen atoms in total. The van der Waals surface area contributed by atoms with Crippen LogP contribution in [0.3, 0.4) is 0 Å². The molecule has 0 saturated carbocycles. The first-order valence-electron chi connectivity index (χ1n) is 28.5. The molecule has 3 heterocycles. The van der Waals surface area contributed by atoms with Crippen LogP contribution in [0.2, 0.25) is 5.28 Å². The highest BCUT2D eigenvalue weighted by atomic mass is 35.5. The van der Waals surface area contributed by atoms with E-state index in [0.29, 0.717) is 80.0 Å². The van der Waals surface area contributed by atoms with Gasteiger partial charge in [0.15, 0.2) is 46.6 Å². The standard InChI is InChI=1S/C43H26F2N6.C15H10ClN3.C13H10B2F2O4/c44-43(45)35-25-31(41-48-37(27-13-5-1-6-14-27)46-38(49-41)28-15-7-2-8-16-28)21-23-33(35)34-24-22-32(26-36(34)43)42-50-39(29-17-9-3-10-18-29)47-40(51-42)30-19-11-4-12-20-30;16-15-18-13(11-7-3-1-4-8-11)17-14(19-15)12-9-5-2-6-10-12;16-13(17)11-5-7(14(18)19)1-3-9(11)10-4-2-8(15(20)21)6-12(10)13/h1-26H;1-10H;1-6,18-21H. The zero-order chi connectivity index (χ0) is 62.8. The normalized spacial score (nSPS) is 12.6. The molecule has 15 rings (SSSR count). The first kappa shape index (κ1) is 59.2. The van der Waals surface area contributed by atoms with E-state index in [4.69, 9.17) is 61.6 Å². The average Bonchev–Trinajstić information content (AvgIpc) is 1.61. The molecule has 0 atom stereocenters. The van der Waals surface area contributed by atoms with E-state index < -0.39 is 26.1 Å². The van der Waals surface area contributed by atoms with E-state index >= 15 is 8.78 Å². The summed E-state index contributed by atoms with van der Waals surface area (Å²) in [5.41, 5.74) is 6.55. The maximum absolute atomic E-state index is 16.6. The number of benzene rings is 10. The zero-order valence-electron chi connectivity index (χ0n) is 47.6. The topological polar surface area (TPSA) is 197 Å². The predicted octanol–water partition coefficient (Wildman–Crippen LogP) is 13.2. The van der Waals surface area contributed by atoms with Crippen molar-refractivity contribution >= 4 is 36.8 Å². The molecule has 0 amide bonds. The van der Waals surface area contributed by atoms with Crippen LogP contribution in [-0.2, 0) is 11.8 Å². The van der Waals surface area contributed by atoms with E-state index in [1.807, 2.05) is 182 Å². The Morgan fingerprint density at radius 3 is 0.703 bits per heavy atom. The summed E-state index contributed by atoms with van der Waals surface area (Å²) in [6.45, 7) is 0. The molecule has 91 heavy (non-hydrogen) atoms. The molecule has 0 fully saturated rings. The minimum Gasteiger partial charge on any atom is -0.423 e. The summed E-state index contributed by atoms with van der Waals surface area (Å²) in [4.78, 5) is 41.3. The van der Waals surface area contributed by atoms with E-state index in [-0.39, 0.29) is 38.5 Å². The van der Waals surface area contributed by atoms with E-state index in [1.54, 1.807) is 24.3 Å². The quantitative estimate of drug-likeness (QED) is 0.0746. The van der Waals surface area contributed by atoms with Crippen LogP contribution < -0.4 is 10.9 Å². The van der Waals surface area contributed by atoms with E-state index in [9.17, 15) is 8.78 Å². The van der Waals surface area contributed by atoms with Crippen molar-refractivity contribution in [2.24, 2.45) is 0 Å². The van der Waals surface area contributed by atoms with Crippen molar-refractivity contribution in [2.45, 2.75) is 11.8 Å². The van der Waals surface area contributed by atoms with E-state index in [0.717, 1.165) is 45.5 Å². The van der Waals surface area contributed by atoms with Gasteiger partial charge in [-0.15, -0.1) is 0 Å². The molecule has 0 radical (unpaired) electrons. The number of rotatable bonds is 10. The first-order valence-corrected chi connectivity index (χ1v) is 28.9. The van der Waals surface area contributed by atoms with Gasteiger partial charge in [-0.3, -0.25) is 0 Å². The number of fused-ring (bicyclic) bond motifs is 6. The van der Waals surface area contributed by atoms with Gasteiger partial charge in [-0.25, -0.2) is 34.9 Å². The maximum atomic E-state index is 16.6. The second kappa shape index (κ2) is 25.0. The SMILES string of the molecule is Clc1nc(-c2ccccc2)nc(-c2ccccc2)n1.FC1(F)c2cc(-c3nc(-c4ccccc4)nc(-c4ccccc4)n3)ccc2-c2ccc(-c3nc(-c4ccccc4)nc(-c4ccccc4)n3)cc21.OB(O)c1ccc2c(c1)C(F)(F)c1cc(B(O)O)ccc1-2. The van der Waals surface area contributed by atoms with Crippen LogP contribution in [0.4, 0.5) is 17.6 Å². The lowest BCUT2D eigenvalue weighted by molar-refractivity contribution is 0.0475. The Hall–Kier alpha value is -10.8. The lowest BCUT2D eigenvalue weighted by Crippen LogP contribution is -2.31. The maximum Gasteiger partial charge on any atom is 0.488 e. The molecule has 0 spiro atoms. The molecule has 440 valence electrons. The number of nitrogens with zero attached hydrogens (tertiary/aromatic N) is 9. The van der Waals surface area contributed by atoms with Crippen LogP contribution in [0.5, 0.6) is 0 Å². The van der Waals surface area contributed by atoms with Crippen LogP contribution >= 0.6 is 11.6 Å². The Kier molecular flexibility index (Phi) is 16.3. The highest BCUT2D eigenvalue weighted by molar-refractivity contribution is 6.59. The Morgan fingerprint density at radius 2 is 0.462 bits per heavy atom.